The molecule has 2 unspecified atom stereocenters. The topological polar surface area (TPSA) is 41.3 Å². The van der Waals surface area contributed by atoms with Crippen LogP contribution in [-0.4, -0.2) is 37.1 Å². The molecule has 0 saturated carbocycles. The van der Waals surface area contributed by atoms with E-state index in [0.717, 1.165) is 32.6 Å². The van der Waals surface area contributed by atoms with Gasteiger partial charge in [-0.3, -0.25) is 4.90 Å². The normalized spacial score (nSPS) is 20.6. The van der Waals surface area contributed by atoms with Gasteiger partial charge in [-0.1, -0.05) is 18.2 Å². The first kappa shape index (κ1) is 13.5. The highest BCUT2D eigenvalue weighted by molar-refractivity contribution is 5.20. The maximum absolute atomic E-state index is 13.6. The number of hydrogen-bond donors (Lipinski definition) is 2. The van der Waals surface area contributed by atoms with Gasteiger partial charge in [-0.15, -0.1) is 0 Å². The molecule has 0 aliphatic carbocycles. The molecule has 4 heteroatoms. The zero-order valence-electron chi connectivity index (χ0n) is 10.9. The Morgan fingerprint density at radius 2 is 2.00 bits per heavy atom. The van der Waals surface area contributed by atoms with Crippen molar-refractivity contribution in [1.29, 1.82) is 0 Å². The fraction of sp³-hybridized carbons (Fsp3) is 0.571. The van der Waals surface area contributed by atoms with Gasteiger partial charge >= 0.3 is 0 Å². The zero-order chi connectivity index (χ0) is 13.0. The van der Waals surface area contributed by atoms with E-state index in [-0.39, 0.29) is 11.9 Å². The molecule has 3 N–H and O–H groups in total. The van der Waals surface area contributed by atoms with E-state index < -0.39 is 0 Å². The van der Waals surface area contributed by atoms with Crippen molar-refractivity contribution in [2.24, 2.45) is 5.73 Å². The number of nitrogens with zero attached hydrogens (tertiary/aromatic N) is 1. The van der Waals surface area contributed by atoms with Crippen molar-refractivity contribution in [3.8, 4) is 0 Å². The van der Waals surface area contributed by atoms with Crippen LogP contribution in [0.5, 0.6) is 0 Å². The highest BCUT2D eigenvalue weighted by Gasteiger charge is 2.20. The number of benzene rings is 1. The fourth-order valence-electron chi connectivity index (χ4n) is 2.54. The van der Waals surface area contributed by atoms with E-state index in [2.05, 4.69) is 17.1 Å². The summed E-state index contributed by atoms with van der Waals surface area (Å²) in [5, 5.41) is 3.33. The summed E-state index contributed by atoms with van der Waals surface area (Å²) in [6.45, 7) is 6.32. The first-order chi connectivity index (χ1) is 8.68. The summed E-state index contributed by atoms with van der Waals surface area (Å²) in [5.41, 5.74) is 6.75. The summed E-state index contributed by atoms with van der Waals surface area (Å²) in [6.07, 6.45) is 0.793. The van der Waals surface area contributed by atoms with E-state index in [0.29, 0.717) is 11.6 Å². The second kappa shape index (κ2) is 6.27. The second-order valence-corrected chi connectivity index (χ2v) is 5.00. The van der Waals surface area contributed by atoms with Crippen molar-refractivity contribution < 1.29 is 4.39 Å². The maximum Gasteiger partial charge on any atom is 0.127 e. The molecule has 0 amide bonds. The third kappa shape index (κ3) is 3.28. The monoisotopic (exact) mass is 251 g/mol. The Morgan fingerprint density at radius 3 is 2.67 bits per heavy atom. The van der Waals surface area contributed by atoms with Gasteiger partial charge < -0.3 is 11.1 Å². The summed E-state index contributed by atoms with van der Waals surface area (Å²) in [5.74, 6) is -0.197. The molecule has 3 nitrogen and oxygen atoms in total. The van der Waals surface area contributed by atoms with Crippen LogP contribution in [0, 0.1) is 5.82 Å². The molecule has 1 aliphatic heterocycles. The molecule has 0 aromatic heterocycles. The maximum atomic E-state index is 13.6. The van der Waals surface area contributed by atoms with Crippen LogP contribution in [0.25, 0.3) is 0 Å². The lowest BCUT2D eigenvalue weighted by Crippen LogP contribution is -2.48. The number of hydrogen-bond acceptors (Lipinski definition) is 3. The molecule has 1 aromatic carbocycles. The first-order valence-electron chi connectivity index (χ1n) is 6.63. The van der Waals surface area contributed by atoms with Crippen LogP contribution in [0.2, 0.25) is 0 Å². The van der Waals surface area contributed by atoms with Crippen molar-refractivity contribution in [3.63, 3.8) is 0 Å². The van der Waals surface area contributed by atoms with E-state index in [1.54, 1.807) is 12.1 Å². The molecule has 2 rings (SSSR count). The Bertz CT molecular complexity index is 377. The minimum atomic E-state index is -0.226. The number of nitrogens with one attached hydrogen (secondary N) is 1. The van der Waals surface area contributed by atoms with Gasteiger partial charge in [0.25, 0.3) is 0 Å². The van der Waals surface area contributed by atoms with Crippen LogP contribution in [0.3, 0.4) is 0 Å². The van der Waals surface area contributed by atoms with Crippen molar-refractivity contribution in [2.45, 2.75) is 25.4 Å². The standard InChI is InChI=1S/C14H22FN3/c1-11(18-8-6-17-7-9-18)10-14(16)12-4-2-3-5-13(12)15/h2-5,11,14,17H,6-10,16H2,1H3. The average Bonchev–Trinajstić information content (AvgIpc) is 2.40. The summed E-state index contributed by atoms with van der Waals surface area (Å²) >= 11 is 0. The van der Waals surface area contributed by atoms with E-state index in [9.17, 15) is 4.39 Å². The summed E-state index contributed by atoms with van der Waals surface area (Å²) in [6, 6.07) is 6.96. The van der Waals surface area contributed by atoms with Gasteiger partial charge in [0.1, 0.15) is 5.82 Å². The average molecular weight is 251 g/mol. The van der Waals surface area contributed by atoms with E-state index in [1.165, 1.54) is 6.07 Å². The van der Waals surface area contributed by atoms with Crippen LogP contribution in [0.15, 0.2) is 24.3 Å². The lowest BCUT2D eigenvalue weighted by atomic mass is 9.99. The number of halogens is 1. The summed E-state index contributed by atoms with van der Waals surface area (Å²) in [4.78, 5) is 2.41. The van der Waals surface area contributed by atoms with Gasteiger partial charge in [-0.2, -0.15) is 0 Å². The first-order valence-corrected chi connectivity index (χ1v) is 6.63. The van der Waals surface area contributed by atoms with E-state index in [1.807, 2.05) is 6.07 Å². The molecule has 0 spiro atoms. The van der Waals surface area contributed by atoms with E-state index in [4.69, 9.17) is 5.73 Å². The minimum Gasteiger partial charge on any atom is -0.324 e. The Kier molecular flexibility index (Phi) is 4.69. The third-order valence-electron chi connectivity index (χ3n) is 3.67. The third-order valence-corrected chi connectivity index (χ3v) is 3.67. The molecule has 1 heterocycles. The Hall–Kier alpha value is -0.970. The molecule has 100 valence electrons. The highest BCUT2D eigenvalue weighted by atomic mass is 19.1. The summed E-state index contributed by atoms with van der Waals surface area (Å²) in [7, 11) is 0. The predicted octanol–water partition coefficient (Wildman–Crippen LogP) is 1.51. The summed E-state index contributed by atoms with van der Waals surface area (Å²) < 4.78 is 13.6. The molecular weight excluding hydrogens is 229 g/mol. The van der Waals surface area contributed by atoms with Crippen molar-refractivity contribution >= 4 is 0 Å². The van der Waals surface area contributed by atoms with Crippen LogP contribution in [0.4, 0.5) is 4.39 Å². The lowest BCUT2D eigenvalue weighted by Gasteiger charge is -2.34. The van der Waals surface area contributed by atoms with E-state index >= 15 is 0 Å². The van der Waals surface area contributed by atoms with Gasteiger partial charge in [0.05, 0.1) is 0 Å². The second-order valence-electron chi connectivity index (χ2n) is 5.00. The highest BCUT2D eigenvalue weighted by Crippen LogP contribution is 2.21. The molecule has 2 atom stereocenters. The van der Waals surface area contributed by atoms with Gasteiger partial charge in [-0.05, 0) is 19.4 Å². The SMILES string of the molecule is CC(CC(N)c1ccccc1F)N1CCNCC1. The van der Waals surface area contributed by atoms with Crippen LogP contribution in [0.1, 0.15) is 24.9 Å². The van der Waals surface area contributed by atoms with Gasteiger partial charge in [0.2, 0.25) is 0 Å². The van der Waals surface area contributed by atoms with Crippen molar-refractivity contribution in [2.75, 3.05) is 26.2 Å². The Labute approximate surface area is 108 Å². The molecule has 0 radical (unpaired) electrons. The molecule has 1 fully saturated rings. The lowest BCUT2D eigenvalue weighted by molar-refractivity contribution is 0.170. The number of rotatable bonds is 4. The van der Waals surface area contributed by atoms with Gasteiger partial charge in [0.15, 0.2) is 0 Å². The molecule has 0 bridgehead atoms. The molecule has 18 heavy (non-hydrogen) atoms. The van der Waals surface area contributed by atoms with Gasteiger partial charge in [-0.25, -0.2) is 4.39 Å². The van der Waals surface area contributed by atoms with Crippen LogP contribution >= 0.6 is 0 Å². The van der Waals surface area contributed by atoms with Crippen molar-refractivity contribution in [1.82, 2.24) is 10.2 Å². The zero-order valence-corrected chi connectivity index (χ0v) is 10.9. The molecule has 1 aromatic rings. The number of nitrogens with two attached hydrogens (primary N) is 1. The molecule has 1 aliphatic rings. The molecular formula is C14H22FN3. The molecule has 1 saturated heterocycles. The van der Waals surface area contributed by atoms with Gasteiger partial charge in [0, 0.05) is 43.8 Å². The van der Waals surface area contributed by atoms with Crippen LogP contribution in [-0.2, 0) is 0 Å². The Morgan fingerprint density at radius 1 is 1.33 bits per heavy atom. The smallest absolute Gasteiger partial charge is 0.127 e. The fourth-order valence-corrected chi connectivity index (χ4v) is 2.54. The van der Waals surface area contributed by atoms with Crippen molar-refractivity contribution in [3.05, 3.63) is 35.6 Å². The predicted molar refractivity (Wildman–Crippen MR) is 71.9 cm³/mol. The van der Waals surface area contributed by atoms with Crippen LogP contribution < -0.4 is 11.1 Å². The largest absolute Gasteiger partial charge is 0.324 e. The Balaban J connectivity index is 1.94. The quantitative estimate of drug-likeness (QED) is 0.852. The minimum absolute atomic E-state index is 0.197. The number of piperazine rings is 1.